The summed E-state index contributed by atoms with van der Waals surface area (Å²) in [6.45, 7) is 0. The Morgan fingerprint density at radius 3 is 2.14 bits per heavy atom. The van der Waals surface area contributed by atoms with E-state index < -0.39 is 0 Å². The first-order valence-corrected chi connectivity index (χ1v) is 9.89. The number of anilines is 1. The Morgan fingerprint density at radius 1 is 0.964 bits per heavy atom. The first kappa shape index (κ1) is 20.5. The first-order chi connectivity index (χ1) is 13.5. The van der Waals surface area contributed by atoms with E-state index in [2.05, 4.69) is 5.32 Å². The fourth-order valence-electron chi connectivity index (χ4n) is 3.18. The summed E-state index contributed by atoms with van der Waals surface area (Å²) < 4.78 is 10.6. The molecule has 7 heteroatoms. The highest BCUT2D eigenvalue weighted by Crippen LogP contribution is 2.34. The average molecular weight is 422 g/mol. The third-order valence-electron chi connectivity index (χ3n) is 4.67. The Labute approximate surface area is 173 Å². The van der Waals surface area contributed by atoms with Crippen LogP contribution in [-0.4, -0.2) is 25.1 Å². The second-order valence-corrected chi connectivity index (χ2v) is 7.48. The van der Waals surface area contributed by atoms with Gasteiger partial charge in [-0.15, -0.1) is 0 Å². The number of benzene rings is 2. The van der Waals surface area contributed by atoms with E-state index in [1.165, 1.54) is 25.7 Å². The number of nitrogens with one attached hydrogen (secondary N) is 1. The number of carbonyl (C=O) groups excluding carboxylic acids is 2. The molecule has 0 aromatic heterocycles. The van der Waals surface area contributed by atoms with Gasteiger partial charge in [-0.05, 0) is 62.1 Å². The zero-order valence-electron chi connectivity index (χ0n) is 15.5. The lowest BCUT2D eigenvalue weighted by Gasteiger charge is -2.21. The van der Waals surface area contributed by atoms with Gasteiger partial charge in [-0.3, -0.25) is 4.79 Å². The summed E-state index contributed by atoms with van der Waals surface area (Å²) in [5, 5.41) is 3.25. The minimum Gasteiger partial charge on any atom is -0.494 e. The lowest BCUT2D eigenvalue weighted by molar-refractivity contribution is 0.0211. The van der Waals surface area contributed by atoms with Crippen molar-refractivity contribution >= 4 is 40.8 Å². The Bertz CT molecular complexity index is 838. The molecule has 1 aliphatic rings. The average Bonchev–Trinajstić information content (AvgIpc) is 2.69. The van der Waals surface area contributed by atoms with Crippen molar-refractivity contribution in [2.75, 3.05) is 12.4 Å². The van der Waals surface area contributed by atoms with Crippen molar-refractivity contribution in [1.82, 2.24) is 0 Å². The van der Waals surface area contributed by atoms with Gasteiger partial charge in [-0.2, -0.15) is 0 Å². The minimum atomic E-state index is -0.371. The maximum atomic E-state index is 12.4. The molecule has 1 N–H and O–H groups in total. The lowest BCUT2D eigenvalue weighted by atomic mass is 9.98. The van der Waals surface area contributed by atoms with Gasteiger partial charge in [0.2, 0.25) is 0 Å². The van der Waals surface area contributed by atoms with Gasteiger partial charge in [0.1, 0.15) is 6.10 Å². The fraction of sp³-hybridized carbons (Fsp3) is 0.333. The molecule has 1 fully saturated rings. The van der Waals surface area contributed by atoms with E-state index in [1.54, 1.807) is 24.3 Å². The smallest absolute Gasteiger partial charge is 0.338 e. The zero-order valence-corrected chi connectivity index (χ0v) is 17.0. The van der Waals surface area contributed by atoms with Crippen molar-refractivity contribution < 1.29 is 19.1 Å². The molecule has 1 amide bonds. The summed E-state index contributed by atoms with van der Waals surface area (Å²) in [4.78, 5) is 24.7. The number of carbonyl (C=O) groups is 2. The van der Waals surface area contributed by atoms with Crippen molar-refractivity contribution in [3.05, 3.63) is 57.6 Å². The van der Waals surface area contributed by atoms with Crippen LogP contribution in [0, 0.1) is 0 Å². The molecule has 2 aromatic carbocycles. The molecule has 5 nitrogen and oxygen atoms in total. The van der Waals surface area contributed by atoms with Crippen molar-refractivity contribution in [1.29, 1.82) is 0 Å². The molecule has 0 aliphatic heterocycles. The van der Waals surface area contributed by atoms with Gasteiger partial charge in [0.05, 0.1) is 22.7 Å². The lowest BCUT2D eigenvalue weighted by Crippen LogP contribution is -2.21. The number of esters is 1. The summed E-state index contributed by atoms with van der Waals surface area (Å²) >= 11 is 12.2. The van der Waals surface area contributed by atoms with Crippen LogP contribution in [0.25, 0.3) is 0 Å². The Morgan fingerprint density at radius 2 is 1.57 bits per heavy atom. The normalized spacial score (nSPS) is 14.4. The summed E-state index contributed by atoms with van der Waals surface area (Å²) in [6, 6.07) is 9.54. The highest BCUT2D eigenvalue weighted by atomic mass is 35.5. The second kappa shape index (κ2) is 9.30. The van der Waals surface area contributed by atoms with Crippen LogP contribution in [0.3, 0.4) is 0 Å². The molecule has 0 bridgehead atoms. The van der Waals surface area contributed by atoms with Crippen molar-refractivity contribution in [3.8, 4) is 5.75 Å². The van der Waals surface area contributed by atoms with E-state index in [9.17, 15) is 9.59 Å². The van der Waals surface area contributed by atoms with Crippen LogP contribution in [0.2, 0.25) is 10.0 Å². The molecule has 3 rings (SSSR count). The number of halogens is 2. The van der Waals surface area contributed by atoms with Gasteiger partial charge in [0.15, 0.2) is 5.75 Å². The maximum Gasteiger partial charge on any atom is 0.338 e. The molecule has 1 aliphatic carbocycles. The molecule has 0 atom stereocenters. The second-order valence-electron chi connectivity index (χ2n) is 6.67. The van der Waals surface area contributed by atoms with Gasteiger partial charge in [0.25, 0.3) is 5.91 Å². The molecule has 2 aromatic rings. The number of rotatable bonds is 5. The number of hydrogen-bond donors (Lipinski definition) is 1. The molecule has 28 heavy (non-hydrogen) atoms. The van der Waals surface area contributed by atoms with E-state index >= 15 is 0 Å². The number of methoxy groups -OCH3 is 1. The molecule has 0 saturated heterocycles. The predicted molar refractivity (Wildman–Crippen MR) is 110 cm³/mol. The Balaban J connectivity index is 1.63. The van der Waals surface area contributed by atoms with Crippen LogP contribution in [0.5, 0.6) is 5.75 Å². The van der Waals surface area contributed by atoms with Crippen LogP contribution in [-0.2, 0) is 4.74 Å². The fourth-order valence-corrected chi connectivity index (χ4v) is 3.82. The Hall–Kier alpha value is -2.24. The largest absolute Gasteiger partial charge is 0.494 e. The zero-order chi connectivity index (χ0) is 20.1. The van der Waals surface area contributed by atoms with E-state index in [1.807, 2.05) is 0 Å². The monoisotopic (exact) mass is 421 g/mol. The van der Waals surface area contributed by atoms with E-state index in [0.717, 1.165) is 25.7 Å². The van der Waals surface area contributed by atoms with E-state index in [-0.39, 0.29) is 28.0 Å². The summed E-state index contributed by atoms with van der Waals surface area (Å²) in [5.74, 6) is -0.386. The number of ether oxygens (including phenoxy) is 2. The minimum absolute atomic E-state index is 0.00481. The van der Waals surface area contributed by atoms with Gasteiger partial charge in [-0.25, -0.2) is 4.79 Å². The van der Waals surface area contributed by atoms with Crippen molar-refractivity contribution in [2.45, 2.75) is 38.2 Å². The molecule has 1 saturated carbocycles. The molecule has 0 radical (unpaired) electrons. The molecule has 0 heterocycles. The van der Waals surface area contributed by atoms with E-state index in [0.29, 0.717) is 22.6 Å². The summed E-state index contributed by atoms with van der Waals surface area (Å²) in [6.07, 6.45) is 5.25. The van der Waals surface area contributed by atoms with Crippen LogP contribution < -0.4 is 10.1 Å². The van der Waals surface area contributed by atoms with Gasteiger partial charge < -0.3 is 14.8 Å². The van der Waals surface area contributed by atoms with E-state index in [4.69, 9.17) is 32.7 Å². The molecule has 0 spiro atoms. The van der Waals surface area contributed by atoms with Crippen LogP contribution in [0.1, 0.15) is 52.8 Å². The van der Waals surface area contributed by atoms with Crippen molar-refractivity contribution in [2.24, 2.45) is 0 Å². The third kappa shape index (κ3) is 4.97. The van der Waals surface area contributed by atoms with Gasteiger partial charge in [-0.1, -0.05) is 29.6 Å². The summed E-state index contributed by atoms with van der Waals surface area (Å²) in [5.41, 5.74) is 1.30. The maximum absolute atomic E-state index is 12.4. The standard InChI is InChI=1S/C21H21Cl2NO4/c1-27-19-17(22)11-14(12-18(19)23)20(25)24-15-9-7-13(8-10-15)21(26)28-16-5-3-2-4-6-16/h7-12,16H,2-6H2,1H3,(H,24,25). The molecule has 0 unspecified atom stereocenters. The summed E-state index contributed by atoms with van der Waals surface area (Å²) in [7, 11) is 1.45. The molecular formula is C21H21Cl2NO4. The SMILES string of the molecule is COc1c(Cl)cc(C(=O)Nc2ccc(C(=O)OC3CCCCC3)cc2)cc1Cl. The topological polar surface area (TPSA) is 64.6 Å². The Kier molecular flexibility index (Phi) is 6.81. The highest BCUT2D eigenvalue weighted by molar-refractivity contribution is 6.37. The molecular weight excluding hydrogens is 401 g/mol. The third-order valence-corrected chi connectivity index (χ3v) is 5.23. The highest BCUT2D eigenvalue weighted by Gasteiger charge is 2.19. The molecule has 148 valence electrons. The van der Waals surface area contributed by atoms with Gasteiger partial charge in [0, 0.05) is 11.3 Å². The van der Waals surface area contributed by atoms with Crippen LogP contribution in [0.15, 0.2) is 36.4 Å². The van der Waals surface area contributed by atoms with Crippen LogP contribution in [0.4, 0.5) is 5.69 Å². The number of hydrogen-bond acceptors (Lipinski definition) is 4. The van der Waals surface area contributed by atoms with Crippen LogP contribution >= 0.6 is 23.2 Å². The predicted octanol–water partition coefficient (Wildman–Crippen LogP) is 5.74. The number of amides is 1. The first-order valence-electron chi connectivity index (χ1n) is 9.13. The van der Waals surface area contributed by atoms with Crippen molar-refractivity contribution in [3.63, 3.8) is 0 Å². The quantitative estimate of drug-likeness (QED) is 0.624. The van der Waals surface area contributed by atoms with Gasteiger partial charge >= 0.3 is 5.97 Å².